The average Bonchev–Trinajstić information content (AvgIpc) is 2.16. The first-order chi connectivity index (χ1) is 6.19. The van der Waals surface area contributed by atoms with E-state index in [0.717, 1.165) is 4.47 Å². The molecule has 3 nitrogen and oxygen atoms in total. The second kappa shape index (κ2) is 4.60. The molecule has 0 aliphatic carbocycles. The molecule has 1 atom stereocenters. The highest BCUT2D eigenvalue weighted by Gasteiger charge is 2.11. The van der Waals surface area contributed by atoms with E-state index in [4.69, 9.17) is 10.5 Å². The van der Waals surface area contributed by atoms with E-state index in [1.165, 1.54) is 0 Å². The minimum atomic E-state index is -0.664. The molecule has 1 rings (SSSR count). The van der Waals surface area contributed by atoms with Crippen molar-refractivity contribution >= 4 is 15.9 Å². The maximum absolute atomic E-state index is 9.51. The quantitative estimate of drug-likeness (QED) is 0.848. The Labute approximate surface area is 85.6 Å². The SMILES string of the molecule is COc1cc(Br)ccc1C(O)CN. The van der Waals surface area contributed by atoms with Crippen LogP contribution in [0.15, 0.2) is 22.7 Å². The van der Waals surface area contributed by atoms with Crippen LogP contribution in [-0.4, -0.2) is 18.8 Å². The Morgan fingerprint density at radius 2 is 2.31 bits per heavy atom. The summed E-state index contributed by atoms with van der Waals surface area (Å²) in [5.41, 5.74) is 6.06. The molecule has 1 aromatic rings. The van der Waals surface area contributed by atoms with Crippen molar-refractivity contribution in [2.45, 2.75) is 6.10 Å². The minimum Gasteiger partial charge on any atom is -0.496 e. The summed E-state index contributed by atoms with van der Waals surface area (Å²) in [4.78, 5) is 0. The number of hydrogen-bond donors (Lipinski definition) is 2. The maximum Gasteiger partial charge on any atom is 0.125 e. The molecule has 3 N–H and O–H groups in total. The third-order valence-electron chi connectivity index (χ3n) is 1.78. The Morgan fingerprint density at radius 3 is 2.85 bits per heavy atom. The van der Waals surface area contributed by atoms with Gasteiger partial charge < -0.3 is 15.6 Å². The van der Waals surface area contributed by atoms with Crippen LogP contribution in [0.1, 0.15) is 11.7 Å². The summed E-state index contributed by atoms with van der Waals surface area (Å²) in [6.07, 6.45) is -0.664. The number of nitrogens with two attached hydrogens (primary N) is 1. The third-order valence-corrected chi connectivity index (χ3v) is 2.27. The first kappa shape index (κ1) is 10.5. The van der Waals surface area contributed by atoms with E-state index in [2.05, 4.69) is 15.9 Å². The van der Waals surface area contributed by atoms with Crippen LogP contribution in [0.5, 0.6) is 5.75 Å². The van der Waals surface area contributed by atoms with Crippen molar-refractivity contribution in [1.82, 2.24) is 0 Å². The van der Waals surface area contributed by atoms with Crippen molar-refractivity contribution in [2.75, 3.05) is 13.7 Å². The highest BCUT2D eigenvalue weighted by molar-refractivity contribution is 9.10. The molecule has 0 aromatic heterocycles. The fourth-order valence-electron chi connectivity index (χ4n) is 1.09. The highest BCUT2D eigenvalue weighted by atomic mass is 79.9. The molecule has 0 fully saturated rings. The normalized spacial score (nSPS) is 12.6. The lowest BCUT2D eigenvalue weighted by Crippen LogP contribution is -2.12. The van der Waals surface area contributed by atoms with Gasteiger partial charge in [0, 0.05) is 16.6 Å². The van der Waals surface area contributed by atoms with Crippen LogP contribution in [-0.2, 0) is 0 Å². The van der Waals surface area contributed by atoms with Crippen LogP contribution in [0.25, 0.3) is 0 Å². The Bertz CT molecular complexity index is 291. The molecule has 0 radical (unpaired) electrons. The molecule has 0 saturated carbocycles. The Hall–Kier alpha value is -0.580. The number of benzene rings is 1. The van der Waals surface area contributed by atoms with Gasteiger partial charge in [-0.1, -0.05) is 22.0 Å². The van der Waals surface area contributed by atoms with Gasteiger partial charge in [-0.3, -0.25) is 0 Å². The predicted molar refractivity (Wildman–Crippen MR) is 54.7 cm³/mol. The molecule has 72 valence electrons. The summed E-state index contributed by atoms with van der Waals surface area (Å²) in [7, 11) is 1.56. The Kier molecular flexibility index (Phi) is 3.71. The van der Waals surface area contributed by atoms with Gasteiger partial charge in [-0.15, -0.1) is 0 Å². The number of ether oxygens (including phenoxy) is 1. The molecular formula is C9H12BrNO2. The number of aliphatic hydroxyl groups excluding tert-OH is 1. The fourth-order valence-corrected chi connectivity index (χ4v) is 1.43. The van der Waals surface area contributed by atoms with Crippen LogP contribution < -0.4 is 10.5 Å². The van der Waals surface area contributed by atoms with Gasteiger partial charge in [0.1, 0.15) is 5.75 Å². The van der Waals surface area contributed by atoms with Gasteiger partial charge in [0.2, 0.25) is 0 Å². The smallest absolute Gasteiger partial charge is 0.125 e. The van der Waals surface area contributed by atoms with Crippen molar-refractivity contribution in [3.05, 3.63) is 28.2 Å². The van der Waals surface area contributed by atoms with Gasteiger partial charge in [0.05, 0.1) is 13.2 Å². The molecule has 0 aliphatic heterocycles. The second-order valence-electron chi connectivity index (χ2n) is 2.64. The lowest BCUT2D eigenvalue weighted by Gasteiger charge is -2.12. The van der Waals surface area contributed by atoms with E-state index in [0.29, 0.717) is 11.3 Å². The summed E-state index contributed by atoms with van der Waals surface area (Å²) < 4.78 is 6.02. The molecule has 0 aliphatic rings. The van der Waals surface area contributed by atoms with Crippen molar-refractivity contribution in [1.29, 1.82) is 0 Å². The predicted octanol–water partition coefficient (Wildman–Crippen LogP) is 1.45. The Morgan fingerprint density at radius 1 is 1.62 bits per heavy atom. The number of aliphatic hydroxyl groups is 1. The number of methoxy groups -OCH3 is 1. The molecule has 4 heteroatoms. The van der Waals surface area contributed by atoms with Crippen LogP contribution >= 0.6 is 15.9 Å². The lowest BCUT2D eigenvalue weighted by atomic mass is 10.1. The van der Waals surface area contributed by atoms with Gasteiger partial charge in [0.15, 0.2) is 0 Å². The minimum absolute atomic E-state index is 0.192. The maximum atomic E-state index is 9.51. The molecule has 0 amide bonds. The van der Waals surface area contributed by atoms with E-state index < -0.39 is 6.10 Å². The zero-order valence-corrected chi connectivity index (χ0v) is 8.91. The van der Waals surface area contributed by atoms with E-state index in [1.54, 1.807) is 19.2 Å². The van der Waals surface area contributed by atoms with Gasteiger partial charge >= 0.3 is 0 Å². The molecule has 0 bridgehead atoms. The van der Waals surface area contributed by atoms with Crippen LogP contribution in [0.3, 0.4) is 0 Å². The molecular weight excluding hydrogens is 234 g/mol. The molecule has 0 spiro atoms. The first-order valence-electron chi connectivity index (χ1n) is 3.90. The number of hydrogen-bond acceptors (Lipinski definition) is 3. The monoisotopic (exact) mass is 245 g/mol. The van der Waals surface area contributed by atoms with E-state index in [-0.39, 0.29) is 6.54 Å². The molecule has 0 saturated heterocycles. The van der Waals surface area contributed by atoms with Gasteiger partial charge in [-0.05, 0) is 12.1 Å². The topological polar surface area (TPSA) is 55.5 Å². The largest absolute Gasteiger partial charge is 0.496 e. The van der Waals surface area contributed by atoms with E-state index in [1.807, 2.05) is 6.07 Å². The lowest BCUT2D eigenvalue weighted by molar-refractivity contribution is 0.182. The molecule has 1 aromatic carbocycles. The van der Waals surface area contributed by atoms with Crippen LogP contribution in [0.4, 0.5) is 0 Å². The summed E-state index contributed by atoms with van der Waals surface area (Å²) >= 11 is 3.32. The zero-order chi connectivity index (χ0) is 9.84. The Balaban J connectivity index is 3.05. The average molecular weight is 246 g/mol. The number of halogens is 1. The second-order valence-corrected chi connectivity index (χ2v) is 3.55. The van der Waals surface area contributed by atoms with E-state index in [9.17, 15) is 5.11 Å². The van der Waals surface area contributed by atoms with Crippen molar-refractivity contribution in [3.8, 4) is 5.75 Å². The van der Waals surface area contributed by atoms with Crippen molar-refractivity contribution in [3.63, 3.8) is 0 Å². The van der Waals surface area contributed by atoms with Crippen LogP contribution in [0.2, 0.25) is 0 Å². The molecule has 1 unspecified atom stereocenters. The summed E-state index contributed by atoms with van der Waals surface area (Å²) in [6.45, 7) is 0.192. The summed E-state index contributed by atoms with van der Waals surface area (Å²) in [5.74, 6) is 0.646. The van der Waals surface area contributed by atoms with Crippen molar-refractivity contribution in [2.24, 2.45) is 5.73 Å². The van der Waals surface area contributed by atoms with Gasteiger partial charge in [-0.25, -0.2) is 0 Å². The van der Waals surface area contributed by atoms with Crippen molar-refractivity contribution < 1.29 is 9.84 Å². The third kappa shape index (κ3) is 2.43. The standard InChI is InChI=1S/C9H12BrNO2/c1-13-9-4-6(10)2-3-7(9)8(12)5-11/h2-4,8,12H,5,11H2,1H3. The van der Waals surface area contributed by atoms with Gasteiger partial charge in [0.25, 0.3) is 0 Å². The summed E-state index contributed by atoms with van der Waals surface area (Å²) in [6, 6.07) is 5.44. The summed E-state index contributed by atoms with van der Waals surface area (Å²) in [5, 5.41) is 9.51. The van der Waals surface area contributed by atoms with E-state index >= 15 is 0 Å². The molecule has 0 heterocycles. The zero-order valence-electron chi connectivity index (χ0n) is 7.33. The number of rotatable bonds is 3. The van der Waals surface area contributed by atoms with Gasteiger partial charge in [-0.2, -0.15) is 0 Å². The molecule has 13 heavy (non-hydrogen) atoms. The fraction of sp³-hybridized carbons (Fsp3) is 0.333. The first-order valence-corrected chi connectivity index (χ1v) is 4.70. The highest BCUT2D eigenvalue weighted by Crippen LogP contribution is 2.27. The van der Waals surface area contributed by atoms with Crippen LogP contribution in [0, 0.1) is 0 Å².